The van der Waals surface area contributed by atoms with E-state index in [0.29, 0.717) is 22.9 Å². The quantitative estimate of drug-likeness (QED) is 0.133. The lowest BCUT2D eigenvalue weighted by Crippen LogP contribution is -2.46. The summed E-state index contributed by atoms with van der Waals surface area (Å²) in [5.74, 6) is -2.55. The number of aliphatic hydroxyl groups excluding tert-OH is 1. The fourth-order valence-electron chi connectivity index (χ4n) is 4.65. The Labute approximate surface area is 230 Å². The van der Waals surface area contributed by atoms with Gasteiger partial charge in [0.15, 0.2) is 5.43 Å². The second-order valence-electron chi connectivity index (χ2n) is 9.31. The molecule has 2 aromatic carbocycles. The van der Waals surface area contributed by atoms with E-state index in [0.717, 1.165) is 50.4 Å². The number of hydrogen-bond donors (Lipinski definition) is 1. The maximum atomic E-state index is 13.5. The second kappa shape index (κ2) is 12.9. The fourth-order valence-corrected chi connectivity index (χ4v) is 4.77. The largest absolute Gasteiger partial charge is 0.507 e. The van der Waals surface area contributed by atoms with E-state index in [-0.39, 0.29) is 24.5 Å². The summed E-state index contributed by atoms with van der Waals surface area (Å²) >= 11 is 5.84. The highest BCUT2D eigenvalue weighted by Crippen LogP contribution is 2.24. The highest BCUT2D eigenvalue weighted by molar-refractivity contribution is 6.39. The zero-order valence-electron chi connectivity index (χ0n) is 21.7. The van der Waals surface area contributed by atoms with E-state index in [1.54, 1.807) is 29.7 Å². The topological polar surface area (TPSA) is 92.1 Å². The third-order valence-corrected chi connectivity index (χ3v) is 6.96. The second-order valence-corrected chi connectivity index (χ2v) is 9.69. The number of alkyl halides is 1. The number of esters is 1. The van der Waals surface area contributed by atoms with Gasteiger partial charge < -0.3 is 19.3 Å². The van der Waals surface area contributed by atoms with Crippen LogP contribution in [0.4, 0.5) is 10.1 Å². The Bertz CT molecular complexity index is 1430. The Hall–Kier alpha value is -3.69. The number of ketones is 1. The summed E-state index contributed by atoms with van der Waals surface area (Å²) in [5.41, 5.74) is 1.74. The first-order valence-corrected chi connectivity index (χ1v) is 13.4. The molecule has 3 aromatic rings. The number of carbonyl (C=O) groups excluding carboxylic acids is 2. The first-order valence-electron chi connectivity index (χ1n) is 12.9. The molecule has 1 aliphatic rings. The summed E-state index contributed by atoms with van der Waals surface area (Å²) in [7, 11) is 0. The standard InChI is InChI=1S/C29H31ClFN3O5/c1-2-39-29(38)27(36)17-26(35)24-19-34(18-20-4-6-21(31)7-5-20)25-16-22(8-9-23(25)28(24)37)33-14-12-32(13-15-33)11-3-10-30/h4-9,16-17,19,35H,2-3,10-15,18H2,1H3. The van der Waals surface area contributed by atoms with Gasteiger partial charge in [-0.05, 0) is 55.8 Å². The van der Waals surface area contributed by atoms with Gasteiger partial charge >= 0.3 is 5.97 Å². The molecule has 1 N–H and O–H groups in total. The monoisotopic (exact) mass is 555 g/mol. The van der Waals surface area contributed by atoms with Crippen LogP contribution in [-0.4, -0.2) is 71.5 Å². The number of aromatic nitrogens is 1. The van der Waals surface area contributed by atoms with Gasteiger partial charge in [-0.1, -0.05) is 12.1 Å². The Morgan fingerprint density at radius 3 is 2.49 bits per heavy atom. The summed E-state index contributed by atoms with van der Waals surface area (Å²) < 4.78 is 20.0. The van der Waals surface area contributed by atoms with E-state index in [1.807, 2.05) is 12.1 Å². The van der Waals surface area contributed by atoms with Crippen LogP contribution in [0.15, 0.2) is 59.5 Å². The Morgan fingerprint density at radius 2 is 1.82 bits per heavy atom. The number of ether oxygens (including phenoxy) is 1. The van der Waals surface area contributed by atoms with E-state index >= 15 is 0 Å². The number of carbonyl (C=O) groups is 2. The van der Waals surface area contributed by atoms with Gasteiger partial charge in [0.1, 0.15) is 11.6 Å². The highest BCUT2D eigenvalue weighted by atomic mass is 35.5. The van der Waals surface area contributed by atoms with Crippen LogP contribution in [0.3, 0.4) is 0 Å². The molecule has 10 heteroatoms. The molecule has 4 rings (SSSR count). The molecule has 39 heavy (non-hydrogen) atoms. The van der Waals surface area contributed by atoms with Crippen molar-refractivity contribution in [1.29, 1.82) is 0 Å². The van der Waals surface area contributed by atoms with Crippen LogP contribution in [0.1, 0.15) is 24.5 Å². The molecule has 0 aliphatic carbocycles. The van der Waals surface area contributed by atoms with Crippen molar-refractivity contribution < 1.29 is 23.8 Å². The third-order valence-electron chi connectivity index (χ3n) is 6.70. The van der Waals surface area contributed by atoms with Gasteiger partial charge in [-0.2, -0.15) is 0 Å². The number of hydrogen-bond acceptors (Lipinski definition) is 7. The number of halogens is 2. The average Bonchev–Trinajstić information content (AvgIpc) is 2.94. The third kappa shape index (κ3) is 6.85. The first-order chi connectivity index (χ1) is 18.8. The molecule has 0 bridgehead atoms. The molecule has 1 fully saturated rings. The maximum absolute atomic E-state index is 13.5. The van der Waals surface area contributed by atoms with Gasteiger partial charge in [-0.25, -0.2) is 9.18 Å². The van der Waals surface area contributed by atoms with E-state index < -0.39 is 22.9 Å². The smallest absolute Gasteiger partial charge is 0.379 e. The summed E-state index contributed by atoms with van der Waals surface area (Å²) in [6.45, 7) is 6.27. The predicted molar refractivity (Wildman–Crippen MR) is 150 cm³/mol. The maximum Gasteiger partial charge on any atom is 0.379 e. The lowest BCUT2D eigenvalue weighted by molar-refractivity contribution is -0.151. The zero-order chi connectivity index (χ0) is 27.9. The van der Waals surface area contributed by atoms with Crippen molar-refractivity contribution in [3.05, 3.63) is 81.9 Å². The minimum absolute atomic E-state index is 0.00439. The first kappa shape index (κ1) is 28.3. The van der Waals surface area contributed by atoms with Crippen LogP contribution in [0.25, 0.3) is 16.7 Å². The molecule has 0 saturated carbocycles. The lowest BCUT2D eigenvalue weighted by atomic mass is 10.1. The average molecular weight is 556 g/mol. The number of fused-ring (bicyclic) bond motifs is 1. The van der Waals surface area contributed by atoms with Crippen molar-refractivity contribution in [3.63, 3.8) is 0 Å². The number of nitrogens with zero attached hydrogens (tertiary/aromatic N) is 3. The van der Waals surface area contributed by atoms with Gasteiger partial charge in [0.05, 0.1) is 17.7 Å². The molecule has 1 aromatic heterocycles. The Morgan fingerprint density at radius 1 is 1.10 bits per heavy atom. The van der Waals surface area contributed by atoms with Gasteiger partial charge in [0.25, 0.3) is 5.78 Å². The van der Waals surface area contributed by atoms with Crippen LogP contribution >= 0.6 is 11.6 Å². The highest BCUT2D eigenvalue weighted by Gasteiger charge is 2.20. The molecule has 0 amide bonds. The molecule has 8 nitrogen and oxygen atoms in total. The number of aliphatic hydroxyl groups is 1. The predicted octanol–water partition coefficient (Wildman–Crippen LogP) is 3.97. The summed E-state index contributed by atoms with van der Waals surface area (Å²) in [4.78, 5) is 41.9. The van der Waals surface area contributed by atoms with E-state index in [2.05, 4.69) is 14.5 Å². The molecule has 0 radical (unpaired) electrons. The number of piperazine rings is 1. The van der Waals surface area contributed by atoms with Gasteiger partial charge in [-0.3, -0.25) is 14.5 Å². The molecule has 1 aliphatic heterocycles. The van der Waals surface area contributed by atoms with E-state index in [4.69, 9.17) is 11.6 Å². The van der Waals surface area contributed by atoms with Gasteiger partial charge in [0.2, 0.25) is 0 Å². The SMILES string of the molecule is CCOC(=O)C(=O)C=C(O)c1cn(Cc2ccc(F)cc2)c2cc(N3CCN(CCCCl)CC3)ccc2c1=O. The van der Waals surface area contributed by atoms with Crippen LogP contribution in [0.5, 0.6) is 0 Å². The molecule has 0 atom stereocenters. The number of rotatable bonds is 10. The van der Waals surface area contributed by atoms with Crippen LogP contribution in [0.2, 0.25) is 0 Å². The molecular formula is C29H31ClFN3O5. The van der Waals surface area contributed by atoms with Gasteiger partial charge in [0, 0.05) is 62.0 Å². The minimum Gasteiger partial charge on any atom is -0.507 e. The summed E-state index contributed by atoms with van der Waals surface area (Å²) in [6, 6.07) is 11.5. The van der Waals surface area contributed by atoms with Crippen LogP contribution in [0, 0.1) is 5.82 Å². The van der Waals surface area contributed by atoms with E-state index in [1.165, 1.54) is 18.3 Å². The van der Waals surface area contributed by atoms with Crippen molar-refractivity contribution in [2.24, 2.45) is 0 Å². The zero-order valence-corrected chi connectivity index (χ0v) is 22.5. The normalized spacial score (nSPS) is 14.5. The van der Waals surface area contributed by atoms with Crippen molar-refractivity contribution >= 4 is 45.7 Å². The number of pyridine rings is 1. The Balaban J connectivity index is 1.73. The number of anilines is 1. The summed E-state index contributed by atoms with van der Waals surface area (Å²) in [6.07, 6.45) is 3.09. The molecule has 0 spiro atoms. The molecule has 0 unspecified atom stereocenters. The van der Waals surface area contributed by atoms with Crippen LogP contribution < -0.4 is 10.3 Å². The van der Waals surface area contributed by atoms with Crippen molar-refractivity contribution in [3.8, 4) is 0 Å². The molecule has 2 heterocycles. The van der Waals surface area contributed by atoms with Crippen molar-refractivity contribution in [1.82, 2.24) is 9.47 Å². The van der Waals surface area contributed by atoms with E-state index in [9.17, 15) is 23.9 Å². The molecule has 1 saturated heterocycles. The molecular weight excluding hydrogens is 525 g/mol. The summed E-state index contributed by atoms with van der Waals surface area (Å²) in [5, 5.41) is 11.0. The van der Waals surface area contributed by atoms with Crippen molar-refractivity contribution in [2.75, 3.05) is 50.1 Å². The Kier molecular flexibility index (Phi) is 9.37. The minimum atomic E-state index is -1.12. The van der Waals surface area contributed by atoms with Crippen molar-refractivity contribution in [2.45, 2.75) is 19.9 Å². The van der Waals surface area contributed by atoms with Gasteiger partial charge in [-0.15, -0.1) is 11.6 Å². The lowest BCUT2D eigenvalue weighted by Gasteiger charge is -2.36. The molecule has 206 valence electrons. The number of benzene rings is 2. The fraction of sp³-hybridized carbons (Fsp3) is 0.345. The van der Waals surface area contributed by atoms with Crippen LogP contribution in [-0.2, 0) is 20.9 Å².